The third-order valence-electron chi connectivity index (χ3n) is 2.92. The lowest BCUT2D eigenvalue weighted by Crippen LogP contribution is -2.40. The van der Waals surface area contributed by atoms with Gasteiger partial charge >= 0.3 is 12.2 Å². The van der Waals surface area contributed by atoms with Gasteiger partial charge in [0.15, 0.2) is 6.04 Å². The fraction of sp³-hybridized carbons (Fsp3) is 0.214. The Bertz CT molecular complexity index is 650. The molecule has 0 aliphatic heterocycles. The number of aryl methyl sites for hydroxylation is 1. The van der Waals surface area contributed by atoms with Crippen LogP contribution < -0.4 is 10.6 Å². The van der Waals surface area contributed by atoms with Gasteiger partial charge in [-0.1, -0.05) is 0 Å². The third kappa shape index (κ3) is 3.94. The number of aromatic nitrogens is 1. The monoisotopic (exact) mass is 313 g/mol. The molecule has 2 amide bonds. The van der Waals surface area contributed by atoms with Crippen molar-refractivity contribution in [3.05, 3.63) is 48.3 Å². The van der Waals surface area contributed by atoms with Gasteiger partial charge in [-0.15, -0.1) is 0 Å². The predicted molar refractivity (Wildman–Crippen MR) is 74.5 cm³/mol. The molecule has 2 aromatic rings. The van der Waals surface area contributed by atoms with Gasteiger partial charge in [0.1, 0.15) is 5.75 Å². The fourth-order valence-electron chi connectivity index (χ4n) is 1.89. The first-order chi connectivity index (χ1) is 10.3. The Kier molecular flexibility index (Phi) is 4.30. The number of halogens is 3. The molecule has 1 aromatic carbocycles. The van der Waals surface area contributed by atoms with Crippen LogP contribution in [0.4, 0.5) is 23.7 Å². The maximum atomic E-state index is 13.1. The number of anilines is 1. The number of alkyl halides is 3. The number of phenolic OH excluding ortho intramolecular Hbond substituents is 1. The number of amides is 2. The van der Waals surface area contributed by atoms with E-state index >= 15 is 0 Å². The minimum atomic E-state index is -4.62. The quantitative estimate of drug-likeness (QED) is 0.762. The predicted octanol–water partition coefficient (Wildman–Crippen LogP) is 3.16. The van der Waals surface area contributed by atoms with Crippen LogP contribution in [0, 0.1) is 0 Å². The number of urea groups is 1. The molecule has 1 aromatic heterocycles. The lowest BCUT2D eigenvalue weighted by Gasteiger charge is -2.21. The van der Waals surface area contributed by atoms with Gasteiger partial charge in [0.2, 0.25) is 0 Å². The minimum absolute atomic E-state index is 0.0107. The summed E-state index contributed by atoms with van der Waals surface area (Å²) in [6, 6.07) is 3.57. The molecule has 2 rings (SSSR count). The second-order valence-electron chi connectivity index (χ2n) is 4.73. The summed E-state index contributed by atoms with van der Waals surface area (Å²) < 4.78 is 40.7. The number of carbonyl (C=O) groups excluding carboxylic acids is 1. The fourth-order valence-corrected chi connectivity index (χ4v) is 1.89. The van der Waals surface area contributed by atoms with E-state index in [1.807, 2.05) is 5.32 Å². The van der Waals surface area contributed by atoms with Crippen LogP contribution in [-0.2, 0) is 7.05 Å². The molecular weight excluding hydrogens is 299 g/mol. The molecule has 0 aliphatic carbocycles. The summed E-state index contributed by atoms with van der Waals surface area (Å²) in [4.78, 5) is 11.7. The SMILES string of the molecule is Cn1ccc([C@@H](NC(=O)Nc2ccc(O)cc2)C(F)(F)F)c1. The zero-order valence-corrected chi connectivity index (χ0v) is 11.6. The topological polar surface area (TPSA) is 66.3 Å². The maximum Gasteiger partial charge on any atom is 0.412 e. The van der Waals surface area contributed by atoms with E-state index < -0.39 is 18.2 Å². The summed E-state index contributed by atoms with van der Waals surface area (Å²) in [5, 5.41) is 13.3. The number of aromatic hydroxyl groups is 1. The molecule has 0 saturated carbocycles. The highest BCUT2D eigenvalue weighted by Gasteiger charge is 2.42. The largest absolute Gasteiger partial charge is 0.508 e. The second kappa shape index (κ2) is 6.00. The Labute approximate surface area is 124 Å². The highest BCUT2D eigenvalue weighted by Crippen LogP contribution is 2.32. The van der Waals surface area contributed by atoms with E-state index in [9.17, 15) is 18.0 Å². The summed E-state index contributed by atoms with van der Waals surface area (Å²) >= 11 is 0. The van der Waals surface area contributed by atoms with Crippen molar-refractivity contribution < 1.29 is 23.1 Å². The van der Waals surface area contributed by atoms with Crippen LogP contribution >= 0.6 is 0 Å². The molecular formula is C14H14F3N3O2. The van der Waals surface area contributed by atoms with Crippen LogP contribution in [0.2, 0.25) is 0 Å². The van der Waals surface area contributed by atoms with E-state index in [1.165, 1.54) is 47.3 Å². The van der Waals surface area contributed by atoms with Crippen LogP contribution in [0.3, 0.4) is 0 Å². The molecule has 8 heteroatoms. The molecule has 0 bridgehead atoms. The number of carbonyl (C=O) groups is 1. The van der Waals surface area contributed by atoms with Crippen molar-refractivity contribution >= 4 is 11.7 Å². The van der Waals surface area contributed by atoms with Crippen LogP contribution in [0.5, 0.6) is 5.75 Å². The van der Waals surface area contributed by atoms with Gasteiger partial charge in [0.25, 0.3) is 0 Å². The first kappa shape index (κ1) is 15.7. The van der Waals surface area contributed by atoms with E-state index in [-0.39, 0.29) is 17.0 Å². The molecule has 0 radical (unpaired) electrons. The molecule has 1 atom stereocenters. The van der Waals surface area contributed by atoms with E-state index in [0.717, 1.165) is 0 Å². The Balaban J connectivity index is 2.10. The van der Waals surface area contributed by atoms with Gasteiger partial charge in [-0.25, -0.2) is 4.79 Å². The molecule has 3 N–H and O–H groups in total. The average Bonchev–Trinajstić information content (AvgIpc) is 2.84. The molecule has 0 aliphatic rings. The summed E-state index contributed by atoms with van der Waals surface area (Å²) in [5.74, 6) is -0.0107. The Morgan fingerprint density at radius 3 is 2.36 bits per heavy atom. The maximum absolute atomic E-state index is 13.1. The van der Waals surface area contributed by atoms with E-state index in [2.05, 4.69) is 5.32 Å². The molecule has 1 heterocycles. The summed E-state index contributed by atoms with van der Waals surface area (Å²) in [5.41, 5.74) is 0.208. The Morgan fingerprint density at radius 1 is 1.23 bits per heavy atom. The lowest BCUT2D eigenvalue weighted by atomic mass is 10.1. The highest BCUT2D eigenvalue weighted by atomic mass is 19.4. The smallest absolute Gasteiger partial charge is 0.412 e. The van der Waals surface area contributed by atoms with Crippen molar-refractivity contribution in [2.24, 2.45) is 7.05 Å². The Morgan fingerprint density at radius 2 is 1.86 bits per heavy atom. The summed E-state index contributed by atoms with van der Waals surface area (Å²) in [7, 11) is 1.59. The van der Waals surface area contributed by atoms with Crippen LogP contribution in [-0.4, -0.2) is 21.9 Å². The van der Waals surface area contributed by atoms with Gasteiger partial charge in [0.05, 0.1) is 0 Å². The van der Waals surface area contributed by atoms with Crippen molar-refractivity contribution in [1.82, 2.24) is 9.88 Å². The van der Waals surface area contributed by atoms with Crippen LogP contribution in [0.15, 0.2) is 42.7 Å². The van der Waals surface area contributed by atoms with Gasteiger partial charge in [0, 0.05) is 30.7 Å². The zero-order valence-electron chi connectivity index (χ0n) is 11.6. The van der Waals surface area contributed by atoms with Crippen molar-refractivity contribution in [3.63, 3.8) is 0 Å². The third-order valence-corrected chi connectivity index (χ3v) is 2.92. The van der Waals surface area contributed by atoms with Gasteiger partial charge in [-0.05, 0) is 30.3 Å². The van der Waals surface area contributed by atoms with Crippen LogP contribution in [0.1, 0.15) is 11.6 Å². The van der Waals surface area contributed by atoms with Crippen molar-refractivity contribution in [1.29, 1.82) is 0 Å². The summed E-state index contributed by atoms with van der Waals surface area (Å²) in [6.07, 6.45) is -1.86. The number of nitrogens with one attached hydrogen (secondary N) is 2. The normalized spacial score (nSPS) is 12.7. The first-order valence-electron chi connectivity index (χ1n) is 6.31. The molecule has 0 fully saturated rings. The molecule has 5 nitrogen and oxygen atoms in total. The van der Waals surface area contributed by atoms with E-state index in [1.54, 1.807) is 7.05 Å². The van der Waals surface area contributed by atoms with Gasteiger partial charge < -0.3 is 20.3 Å². The number of benzene rings is 1. The number of phenols is 1. The molecule has 22 heavy (non-hydrogen) atoms. The lowest BCUT2D eigenvalue weighted by molar-refractivity contribution is -0.154. The van der Waals surface area contributed by atoms with Crippen LogP contribution in [0.25, 0.3) is 0 Å². The van der Waals surface area contributed by atoms with Crippen molar-refractivity contribution in [3.8, 4) is 5.75 Å². The van der Waals surface area contributed by atoms with Gasteiger partial charge in [-0.3, -0.25) is 0 Å². The summed E-state index contributed by atoms with van der Waals surface area (Å²) in [6.45, 7) is 0. The van der Waals surface area contributed by atoms with E-state index in [4.69, 9.17) is 5.11 Å². The molecule has 0 saturated heterocycles. The second-order valence-corrected chi connectivity index (χ2v) is 4.73. The van der Waals surface area contributed by atoms with Gasteiger partial charge in [-0.2, -0.15) is 13.2 Å². The first-order valence-corrected chi connectivity index (χ1v) is 6.31. The van der Waals surface area contributed by atoms with Crippen molar-refractivity contribution in [2.45, 2.75) is 12.2 Å². The highest BCUT2D eigenvalue weighted by molar-refractivity contribution is 5.89. The Hall–Kier alpha value is -2.64. The zero-order chi connectivity index (χ0) is 16.3. The molecule has 0 unspecified atom stereocenters. The number of rotatable bonds is 3. The van der Waals surface area contributed by atoms with Crippen molar-refractivity contribution in [2.75, 3.05) is 5.32 Å². The number of nitrogens with zero attached hydrogens (tertiary/aromatic N) is 1. The van der Waals surface area contributed by atoms with E-state index in [0.29, 0.717) is 0 Å². The molecule has 118 valence electrons. The molecule has 0 spiro atoms. The number of hydrogen-bond acceptors (Lipinski definition) is 2. The minimum Gasteiger partial charge on any atom is -0.508 e. The average molecular weight is 313 g/mol. The number of hydrogen-bond donors (Lipinski definition) is 3. The standard InChI is InChI=1S/C14H14F3N3O2/c1-20-7-6-9(8-20)12(14(15,16)17)19-13(22)18-10-2-4-11(21)5-3-10/h2-8,12,21H,1H3,(H2,18,19,22)/t12-/m1/s1.